The maximum Gasteiger partial charge on any atom is 0.241 e. The van der Waals surface area contributed by atoms with Gasteiger partial charge < -0.3 is 16.0 Å². The number of nitrogens with zero attached hydrogens (tertiary/aromatic N) is 3. The third-order valence-electron chi connectivity index (χ3n) is 2.89. The van der Waals surface area contributed by atoms with Gasteiger partial charge >= 0.3 is 0 Å². The number of aryl methyl sites for hydroxylation is 1. The Morgan fingerprint density at radius 1 is 1.37 bits per heavy atom. The predicted octanol–water partition coefficient (Wildman–Crippen LogP) is -0.323. The van der Waals surface area contributed by atoms with E-state index >= 15 is 0 Å². The van der Waals surface area contributed by atoms with Gasteiger partial charge in [0.15, 0.2) is 0 Å². The lowest BCUT2D eigenvalue weighted by Crippen LogP contribution is -2.32. The molecule has 7 heteroatoms. The van der Waals surface area contributed by atoms with Crippen LogP contribution in [0.4, 0.5) is 5.69 Å². The molecule has 1 rings (SSSR count). The van der Waals surface area contributed by atoms with Gasteiger partial charge in [0.1, 0.15) is 6.54 Å². The van der Waals surface area contributed by atoms with Crippen molar-refractivity contribution in [2.24, 2.45) is 0 Å². The molecule has 19 heavy (non-hydrogen) atoms. The van der Waals surface area contributed by atoms with E-state index in [1.807, 2.05) is 6.92 Å². The van der Waals surface area contributed by atoms with E-state index in [1.54, 1.807) is 25.7 Å². The van der Waals surface area contributed by atoms with Crippen LogP contribution in [0.5, 0.6) is 0 Å². The first-order valence-corrected chi connectivity index (χ1v) is 6.09. The molecule has 1 aromatic rings. The number of carbonyl (C=O) groups is 2. The van der Waals surface area contributed by atoms with Crippen LogP contribution >= 0.6 is 0 Å². The van der Waals surface area contributed by atoms with Crippen LogP contribution in [-0.4, -0.2) is 47.1 Å². The van der Waals surface area contributed by atoms with Gasteiger partial charge in [0, 0.05) is 27.1 Å². The molecule has 0 fully saturated rings. The summed E-state index contributed by atoms with van der Waals surface area (Å²) >= 11 is 0. The van der Waals surface area contributed by atoms with Gasteiger partial charge in [0.05, 0.1) is 17.1 Å². The summed E-state index contributed by atoms with van der Waals surface area (Å²) in [5, 5.41) is 6.86. The minimum absolute atomic E-state index is 0.0179. The van der Waals surface area contributed by atoms with Crippen LogP contribution in [0.3, 0.4) is 0 Å². The average Bonchev–Trinajstić information content (AvgIpc) is 2.56. The highest BCUT2D eigenvalue weighted by Crippen LogP contribution is 2.14. The van der Waals surface area contributed by atoms with Crippen molar-refractivity contribution in [2.75, 3.05) is 26.4 Å². The van der Waals surface area contributed by atoms with Gasteiger partial charge in [0.25, 0.3) is 0 Å². The molecule has 2 amide bonds. The Labute approximate surface area is 112 Å². The molecule has 0 aliphatic heterocycles. The van der Waals surface area contributed by atoms with Crippen LogP contribution < -0.4 is 11.1 Å². The van der Waals surface area contributed by atoms with Gasteiger partial charge in [0.2, 0.25) is 11.8 Å². The highest BCUT2D eigenvalue weighted by Gasteiger charge is 2.11. The molecule has 0 unspecified atom stereocenters. The number of rotatable bonds is 5. The molecular weight excluding hydrogens is 246 g/mol. The highest BCUT2D eigenvalue weighted by molar-refractivity contribution is 5.78. The van der Waals surface area contributed by atoms with Gasteiger partial charge in [-0.05, 0) is 13.8 Å². The van der Waals surface area contributed by atoms with E-state index in [0.717, 1.165) is 5.69 Å². The molecule has 0 aromatic carbocycles. The lowest BCUT2D eigenvalue weighted by molar-refractivity contribution is -0.128. The first-order valence-electron chi connectivity index (χ1n) is 6.09. The first-order chi connectivity index (χ1) is 8.82. The lowest BCUT2D eigenvalue weighted by atomic mass is 10.3. The minimum Gasteiger partial charge on any atom is -0.396 e. The number of hydrogen-bond donors (Lipinski definition) is 2. The fraction of sp³-hybridized carbons (Fsp3) is 0.583. The number of nitrogen functional groups attached to an aromatic ring is 1. The van der Waals surface area contributed by atoms with Gasteiger partial charge in [-0.25, -0.2) is 0 Å². The number of hydrogen-bond acceptors (Lipinski definition) is 4. The zero-order chi connectivity index (χ0) is 14.6. The zero-order valence-corrected chi connectivity index (χ0v) is 11.9. The molecule has 0 spiro atoms. The second-order valence-electron chi connectivity index (χ2n) is 4.63. The summed E-state index contributed by atoms with van der Waals surface area (Å²) in [6.45, 7) is 4.05. The van der Waals surface area contributed by atoms with Crippen molar-refractivity contribution in [1.82, 2.24) is 20.0 Å². The second-order valence-corrected chi connectivity index (χ2v) is 4.63. The average molecular weight is 267 g/mol. The van der Waals surface area contributed by atoms with Crippen molar-refractivity contribution in [2.45, 2.75) is 26.8 Å². The van der Waals surface area contributed by atoms with Crippen LogP contribution in [-0.2, 0) is 16.1 Å². The second kappa shape index (κ2) is 6.21. The van der Waals surface area contributed by atoms with E-state index in [4.69, 9.17) is 5.73 Å². The molecular formula is C12H21N5O2. The fourth-order valence-corrected chi connectivity index (χ4v) is 1.59. The Kier molecular flexibility index (Phi) is 4.91. The molecule has 3 N–H and O–H groups in total. The van der Waals surface area contributed by atoms with Crippen molar-refractivity contribution in [1.29, 1.82) is 0 Å². The summed E-state index contributed by atoms with van der Waals surface area (Å²) in [6.07, 6.45) is 0.290. The molecule has 1 heterocycles. The third kappa shape index (κ3) is 3.97. The van der Waals surface area contributed by atoms with E-state index < -0.39 is 0 Å². The van der Waals surface area contributed by atoms with Crippen molar-refractivity contribution in [3.8, 4) is 0 Å². The molecule has 106 valence electrons. The van der Waals surface area contributed by atoms with Gasteiger partial charge in [-0.2, -0.15) is 5.10 Å². The fourth-order valence-electron chi connectivity index (χ4n) is 1.59. The summed E-state index contributed by atoms with van der Waals surface area (Å²) in [5.41, 5.74) is 7.88. The molecule has 0 aliphatic rings. The van der Waals surface area contributed by atoms with E-state index in [0.29, 0.717) is 17.9 Å². The Hall–Kier alpha value is -2.05. The molecule has 0 atom stereocenters. The monoisotopic (exact) mass is 267 g/mol. The van der Waals surface area contributed by atoms with E-state index in [9.17, 15) is 9.59 Å². The van der Waals surface area contributed by atoms with E-state index in [1.165, 1.54) is 4.90 Å². The molecule has 0 saturated carbocycles. The Morgan fingerprint density at radius 3 is 2.47 bits per heavy atom. The summed E-state index contributed by atoms with van der Waals surface area (Å²) in [5.74, 6) is -0.201. The van der Waals surface area contributed by atoms with Crippen LogP contribution in [0, 0.1) is 13.8 Å². The Bertz CT molecular complexity index is 479. The number of carbonyl (C=O) groups excluding carboxylic acids is 2. The Balaban J connectivity index is 2.43. The van der Waals surface area contributed by atoms with Crippen LogP contribution in [0.1, 0.15) is 17.8 Å². The van der Waals surface area contributed by atoms with Gasteiger partial charge in [-0.15, -0.1) is 0 Å². The molecule has 0 radical (unpaired) electrons. The molecule has 0 saturated heterocycles. The van der Waals surface area contributed by atoms with Gasteiger partial charge in [-0.3, -0.25) is 14.3 Å². The SMILES string of the molecule is Cc1nn(CC(=O)NCCC(=O)N(C)C)c(C)c1N. The number of anilines is 1. The quantitative estimate of drug-likeness (QED) is 0.764. The lowest BCUT2D eigenvalue weighted by Gasteiger charge is -2.10. The van der Waals surface area contributed by atoms with Crippen LogP contribution in [0.25, 0.3) is 0 Å². The van der Waals surface area contributed by atoms with Crippen molar-refractivity contribution >= 4 is 17.5 Å². The zero-order valence-electron chi connectivity index (χ0n) is 11.9. The maximum absolute atomic E-state index is 11.7. The smallest absolute Gasteiger partial charge is 0.241 e. The van der Waals surface area contributed by atoms with E-state index in [2.05, 4.69) is 10.4 Å². The Morgan fingerprint density at radius 2 is 2.00 bits per heavy atom. The van der Waals surface area contributed by atoms with E-state index in [-0.39, 0.29) is 24.8 Å². The largest absolute Gasteiger partial charge is 0.396 e. The molecule has 0 aliphatic carbocycles. The normalized spacial score (nSPS) is 10.3. The predicted molar refractivity (Wildman–Crippen MR) is 72.4 cm³/mol. The molecule has 7 nitrogen and oxygen atoms in total. The molecule has 1 aromatic heterocycles. The molecule has 0 bridgehead atoms. The summed E-state index contributed by atoms with van der Waals surface area (Å²) in [4.78, 5) is 24.5. The summed E-state index contributed by atoms with van der Waals surface area (Å²) in [7, 11) is 3.37. The summed E-state index contributed by atoms with van der Waals surface area (Å²) in [6, 6.07) is 0. The van der Waals surface area contributed by atoms with Crippen molar-refractivity contribution in [3.05, 3.63) is 11.4 Å². The number of aromatic nitrogens is 2. The standard InChI is InChI=1S/C12H21N5O2/c1-8-12(13)9(2)17(15-8)7-10(18)14-6-5-11(19)16(3)4/h5-7,13H2,1-4H3,(H,14,18). The summed E-state index contributed by atoms with van der Waals surface area (Å²) < 4.78 is 1.56. The van der Waals surface area contributed by atoms with Gasteiger partial charge in [-0.1, -0.05) is 0 Å². The minimum atomic E-state index is -0.183. The van der Waals surface area contributed by atoms with Crippen molar-refractivity contribution in [3.63, 3.8) is 0 Å². The topological polar surface area (TPSA) is 93.2 Å². The number of amides is 2. The first kappa shape index (κ1) is 15.0. The number of nitrogens with two attached hydrogens (primary N) is 1. The van der Waals surface area contributed by atoms with Crippen molar-refractivity contribution < 1.29 is 9.59 Å². The van der Waals surface area contributed by atoms with Crippen LogP contribution in [0.15, 0.2) is 0 Å². The maximum atomic E-state index is 11.7. The highest BCUT2D eigenvalue weighted by atomic mass is 16.2. The van der Waals surface area contributed by atoms with Crippen LogP contribution in [0.2, 0.25) is 0 Å². The number of nitrogens with one attached hydrogen (secondary N) is 1. The third-order valence-corrected chi connectivity index (χ3v) is 2.89.